The fourth-order valence-electron chi connectivity index (χ4n) is 3.38. The molecule has 2 amide bonds. The van der Waals surface area contributed by atoms with Crippen LogP contribution in [0.2, 0.25) is 0 Å². The fourth-order valence-corrected chi connectivity index (χ4v) is 4.75. The number of amides is 2. The number of hydrogen-bond donors (Lipinski definition) is 2. The van der Waals surface area contributed by atoms with Crippen molar-refractivity contribution >= 4 is 39.9 Å². The minimum Gasteiger partial charge on any atom is -0.351 e. The SMILES string of the molecule is CSCCNC(=O)c1c(NC(=O)C2C(C)(C)C2(C)C)sc(C)c1C. The smallest absolute Gasteiger partial charge is 0.254 e. The highest BCUT2D eigenvalue weighted by molar-refractivity contribution is 7.98. The maximum absolute atomic E-state index is 12.7. The van der Waals surface area contributed by atoms with Gasteiger partial charge in [-0.1, -0.05) is 27.7 Å². The molecule has 0 aliphatic heterocycles. The van der Waals surface area contributed by atoms with Crippen LogP contribution < -0.4 is 10.6 Å². The number of hydrogen-bond acceptors (Lipinski definition) is 4. The van der Waals surface area contributed by atoms with Crippen LogP contribution in [0.25, 0.3) is 0 Å². The van der Waals surface area contributed by atoms with Gasteiger partial charge >= 0.3 is 0 Å². The standard InChI is InChI=1S/C18H28N2O2S2/c1-10-11(2)24-16(12(10)14(21)19-8-9-23-7)20-15(22)13-17(3,4)18(13,5)6/h13H,8-9H2,1-7H3,(H,19,21)(H,20,22). The number of rotatable bonds is 6. The minimum absolute atomic E-state index is 0.0147. The lowest BCUT2D eigenvalue weighted by molar-refractivity contribution is -0.118. The topological polar surface area (TPSA) is 58.2 Å². The maximum atomic E-state index is 12.7. The lowest BCUT2D eigenvalue weighted by atomic mass is 10.0. The van der Waals surface area contributed by atoms with E-state index in [0.717, 1.165) is 16.2 Å². The third-order valence-corrected chi connectivity index (χ3v) is 7.46. The number of carbonyl (C=O) groups excluding carboxylic acids is 2. The number of anilines is 1. The van der Waals surface area contributed by atoms with Gasteiger partial charge in [-0.3, -0.25) is 9.59 Å². The molecule has 1 aliphatic carbocycles. The molecule has 6 heteroatoms. The first kappa shape index (κ1) is 19.3. The maximum Gasteiger partial charge on any atom is 0.254 e. The third kappa shape index (κ3) is 3.23. The van der Waals surface area contributed by atoms with Crippen LogP contribution in [0.5, 0.6) is 0 Å². The van der Waals surface area contributed by atoms with Crippen molar-refractivity contribution in [2.24, 2.45) is 16.7 Å². The molecule has 1 aromatic heterocycles. The first-order valence-corrected chi connectivity index (χ1v) is 10.4. The van der Waals surface area contributed by atoms with Crippen molar-refractivity contribution in [2.45, 2.75) is 41.5 Å². The molecular weight excluding hydrogens is 340 g/mol. The summed E-state index contributed by atoms with van der Waals surface area (Å²) in [6, 6.07) is 0. The third-order valence-electron chi connectivity index (χ3n) is 5.72. The Kier molecular flexibility index (Phi) is 5.40. The highest BCUT2D eigenvalue weighted by atomic mass is 32.2. The van der Waals surface area contributed by atoms with Crippen molar-refractivity contribution in [3.63, 3.8) is 0 Å². The monoisotopic (exact) mass is 368 g/mol. The zero-order chi connectivity index (χ0) is 18.3. The van der Waals surface area contributed by atoms with E-state index in [4.69, 9.17) is 0 Å². The number of aryl methyl sites for hydroxylation is 1. The summed E-state index contributed by atoms with van der Waals surface area (Å²) in [6.07, 6.45) is 2.01. The summed E-state index contributed by atoms with van der Waals surface area (Å²) in [5, 5.41) is 6.65. The van der Waals surface area contributed by atoms with Gasteiger partial charge in [-0.05, 0) is 36.5 Å². The molecule has 1 fully saturated rings. The predicted octanol–water partition coefficient (Wildman–Crippen LogP) is 4.08. The van der Waals surface area contributed by atoms with E-state index in [1.165, 1.54) is 11.3 Å². The summed E-state index contributed by atoms with van der Waals surface area (Å²) in [4.78, 5) is 26.3. The Morgan fingerprint density at radius 2 is 1.75 bits per heavy atom. The van der Waals surface area contributed by atoms with Gasteiger partial charge in [0.1, 0.15) is 5.00 Å². The summed E-state index contributed by atoms with van der Waals surface area (Å²) in [5.74, 6) is 0.764. The van der Waals surface area contributed by atoms with E-state index in [1.54, 1.807) is 11.8 Å². The molecule has 0 bridgehead atoms. The summed E-state index contributed by atoms with van der Waals surface area (Å²) in [7, 11) is 0. The Hall–Kier alpha value is -1.01. The molecular formula is C18H28N2O2S2. The highest BCUT2D eigenvalue weighted by Crippen LogP contribution is 2.68. The lowest BCUT2D eigenvalue weighted by Gasteiger charge is -2.09. The molecule has 1 heterocycles. The van der Waals surface area contributed by atoms with Crippen LogP contribution in [0.3, 0.4) is 0 Å². The Morgan fingerprint density at radius 1 is 1.17 bits per heavy atom. The van der Waals surface area contributed by atoms with Crippen LogP contribution in [-0.2, 0) is 4.79 Å². The second-order valence-electron chi connectivity index (χ2n) is 7.60. The quantitative estimate of drug-likeness (QED) is 0.744. The zero-order valence-corrected chi connectivity index (χ0v) is 17.3. The molecule has 0 spiro atoms. The van der Waals surface area contributed by atoms with E-state index < -0.39 is 0 Å². The van der Waals surface area contributed by atoms with Crippen molar-refractivity contribution in [3.05, 3.63) is 16.0 Å². The van der Waals surface area contributed by atoms with Crippen LogP contribution in [0.4, 0.5) is 5.00 Å². The molecule has 1 saturated carbocycles. The van der Waals surface area contributed by atoms with Crippen molar-refractivity contribution in [1.82, 2.24) is 5.32 Å². The summed E-state index contributed by atoms with van der Waals surface area (Å²) < 4.78 is 0. The van der Waals surface area contributed by atoms with E-state index in [-0.39, 0.29) is 28.6 Å². The van der Waals surface area contributed by atoms with E-state index in [0.29, 0.717) is 17.1 Å². The Morgan fingerprint density at radius 3 is 2.25 bits per heavy atom. The molecule has 2 N–H and O–H groups in total. The molecule has 0 aromatic carbocycles. The fraction of sp³-hybridized carbons (Fsp3) is 0.667. The van der Waals surface area contributed by atoms with Crippen LogP contribution in [0.1, 0.15) is 48.5 Å². The summed E-state index contributed by atoms with van der Waals surface area (Å²) in [6.45, 7) is 13.0. The molecule has 4 nitrogen and oxygen atoms in total. The van der Waals surface area contributed by atoms with Gasteiger partial charge in [-0.2, -0.15) is 11.8 Å². The van der Waals surface area contributed by atoms with Gasteiger partial charge in [0, 0.05) is 23.1 Å². The number of thiophene rings is 1. The van der Waals surface area contributed by atoms with Crippen molar-refractivity contribution in [3.8, 4) is 0 Å². The van der Waals surface area contributed by atoms with Crippen LogP contribution >= 0.6 is 23.1 Å². The van der Waals surface area contributed by atoms with Gasteiger partial charge in [-0.25, -0.2) is 0 Å². The highest BCUT2D eigenvalue weighted by Gasteiger charge is 2.68. The number of nitrogens with one attached hydrogen (secondary N) is 2. The molecule has 0 unspecified atom stereocenters. The second kappa shape index (κ2) is 6.71. The number of carbonyl (C=O) groups is 2. The molecule has 0 radical (unpaired) electrons. The molecule has 134 valence electrons. The second-order valence-corrected chi connectivity index (χ2v) is 9.81. The Labute approximate surface area is 153 Å². The van der Waals surface area contributed by atoms with E-state index in [2.05, 4.69) is 38.3 Å². The first-order chi connectivity index (χ1) is 11.1. The van der Waals surface area contributed by atoms with Gasteiger partial charge < -0.3 is 10.6 Å². The van der Waals surface area contributed by atoms with Gasteiger partial charge in [0.15, 0.2) is 0 Å². The van der Waals surface area contributed by atoms with Gasteiger partial charge in [0.25, 0.3) is 5.91 Å². The molecule has 1 aliphatic rings. The van der Waals surface area contributed by atoms with Gasteiger partial charge in [0.2, 0.25) is 5.91 Å². The van der Waals surface area contributed by atoms with Crippen molar-refractivity contribution in [2.75, 3.05) is 23.9 Å². The molecule has 24 heavy (non-hydrogen) atoms. The summed E-state index contributed by atoms with van der Waals surface area (Å²) >= 11 is 3.18. The minimum atomic E-state index is -0.101. The molecule has 2 rings (SSSR count). The largest absolute Gasteiger partial charge is 0.351 e. The Balaban J connectivity index is 2.18. The first-order valence-electron chi connectivity index (χ1n) is 8.23. The molecule has 0 atom stereocenters. The average molecular weight is 369 g/mol. The van der Waals surface area contributed by atoms with Crippen LogP contribution in [0, 0.1) is 30.6 Å². The van der Waals surface area contributed by atoms with Gasteiger partial charge in [0.05, 0.1) is 5.56 Å². The van der Waals surface area contributed by atoms with Crippen LogP contribution in [-0.4, -0.2) is 30.4 Å². The predicted molar refractivity (Wildman–Crippen MR) is 104 cm³/mol. The summed E-state index contributed by atoms with van der Waals surface area (Å²) in [5.41, 5.74) is 1.53. The van der Waals surface area contributed by atoms with Crippen molar-refractivity contribution in [1.29, 1.82) is 0 Å². The van der Waals surface area contributed by atoms with E-state index in [1.807, 2.05) is 20.1 Å². The van der Waals surface area contributed by atoms with Gasteiger partial charge in [-0.15, -0.1) is 11.3 Å². The Bertz CT molecular complexity index is 648. The van der Waals surface area contributed by atoms with E-state index in [9.17, 15) is 9.59 Å². The number of thioether (sulfide) groups is 1. The van der Waals surface area contributed by atoms with Crippen molar-refractivity contribution < 1.29 is 9.59 Å². The average Bonchev–Trinajstić information content (AvgIpc) is 2.71. The zero-order valence-electron chi connectivity index (χ0n) is 15.6. The molecule has 0 saturated heterocycles. The normalized spacial score (nSPS) is 18.3. The lowest BCUT2D eigenvalue weighted by Crippen LogP contribution is -2.27. The van der Waals surface area contributed by atoms with Crippen LogP contribution in [0.15, 0.2) is 0 Å². The van der Waals surface area contributed by atoms with E-state index >= 15 is 0 Å². The molecule has 1 aromatic rings.